The van der Waals surface area contributed by atoms with Crippen molar-refractivity contribution in [1.29, 1.82) is 0 Å². The number of hydrogen-bond donors (Lipinski definition) is 1. The molecule has 1 aromatic carbocycles. The standard InChI is InChI=1S/C13H19NO/c1-10(15)14-9-11-7-5-6-8-12(11)13(2,3)4/h5-8H,9H2,1-4H3,(H,14,15). The van der Waals surface area contributed by atoms with Crippen molar-refractivity contribution in [2.75, 3.05) is 0 Å². The third-order valence-electron chi connectivity index (χ3n) is 2.35. The van der Waals surface area contributed by atoms with Crippen molar-refractivity contribution in [3.63, 3.8) is 0 Å². The summed E-state index contributed by atoms with van der Waals surface area (Å²) in [4.78, 5) is 10.9. The predicted molar refractivity (Wildman–Crippen MR) is 62.7 cm³/mol. The molecule has 0 unspecified atom stereocenters. The van der Waals surface area contributed by atoms with Crippen LogP contribution in [0, 0.1) is 0 Å². The molecule has 0 saturated heterocycles. The SMILES string of the molecule is CC(=O)NCc1ccccc1C(C)(C)C. The zero-order valence-corrected chi connectivity index (χ0v) is 9.92. The average molecular weight is 205 g/mol. The Hall–Kier alpha value is -1.31. The van der Waals surface area contributed by atoms with Gasteiger partial charge < -0.3 is 5.32 Å². The van der Waals surface area contributed by atoms with E-state index in [0.717, 1.165) is 0 Å². The highest BCUT2D eigenvalue weighted by Crippen LogP contribution is 2.25. The first-order chi connectivity index (χ1) is 6.91. The molecule has 1 amide bonds. The number of amides is 1. The molecule has 2 nitrogen and oxygen atoms in total. The molecular weight excluding hydrogens is 186 g/mol. The molecule has 82 valence electrons. The van der Waals surface area contributed by atoms with Crippen LogP contribution in [0.2, 0.25) is 0 Å². The second kappa shape index (κ2) is 4.47. The monoisotopic (exact) mass is 205 g/mol. The third kappa shape index (κ3) is 3.39. The van der Waals surface area contributed by atoms with Gasteiger partial charge in [-0.05, 0) is 16.5 Å². The van der Waals surface area contributed by atoms with E-state index in [1.54, 1.807) is 6.92 Å². The lowest BCUT2D eigenvalue weighted by molar-refractivity contribution is -0.119. The molecule has 0 aliphatic rings. The van der Waals surface area contributed by atoms with Crippen LogP contribution >= 0.6 is 0 Å². The van der Waals surface area contributed by atoms with E-state index < -0.39 is 0 Å². The summed E-state index contributed by atoms with van der Waals surface area (Å²) in [5, 5.41) is 2.84. The van der Waals surface area contributed by atoms with E-state index in [4.69, 9.17) is 0 Å². The fraction of sp³-hybridized carbons (Fsp3) is 0.462. The van der Waals surface area contributed by atoms with Crippen molar-refractivity contribution in [2.24, 2.45) is 0 Å². The summed E-state index contributed by atoms with van der Waals surface area (Å²) in [5.41, 5.74) is 2.61. The normalized spacial score (nSPS) is 11.2. The molecule has 0 aliphatic carbocycles. The largest absolute Gasteiger partial charge is 0.352 e. The first kappa shape index (κ1) is 11.8. The highest BCUT2D eigenvalue weighted by atomic mass is 16.1. The Balaban J connectivity index is 2.92. The van der Waals surface area contributed by atoms with E-state index in [9.17, 15) is 4.79 Å². The number of rotatable bonds is 2. The first-order valence-electron chi connectivity index (χ1n) is 5.24. The molecule has 1 aromatic rings. The topological polar surface area (TPSA) is 29.1 Å². The third-order valence-corrected chi connectivity index (χ3v) is 2.35. The Bertz CT molecular complexity index is 350. The Morgan fingerprint density at radius 1 is 1.27 bits per heavy atom. The number of nitrogens with one attached hydrogen (secondary N) is 1. The van der Waals surface area contributed by atoms with Crippen molar-refractivity contribution in [2.45, 2.75) is 39.7 Å². The van der Waals surface area contributed by atoms with Gasteiger partial charge in [-0.2, -0.15) is 0 Å². The molecule has 0 atom stereocenters. The maximum Gasteiger partial charge on any atom is 0.217 e. The van der Waals surface area contributed by atoms with E-state index in [0.29, 0.717) is 6.54 Å². The van der Waals surface area contributed by atoms with Gasteiger partial charge in [-0.25, -0.2) is 0 Å². The Morgan fingerprint density at radius 3 is 2.40 bits per heavy atom. The Morgan fingerprint density at radius 2 is 1.87 bits per heavy atom. The molecule has 0 saturated carbocycles. The van der Waals surface area contributed by atoms with Crippen LogP contribution in [0.5, 0.6) is 0 Å². The van der Waals surface area contributed by atoms with Gasteiger partial charge in [0.25, 0.3) is 0 Å². The zero-order chi connectivity index (χ0) is 11.5. The van der Waals surface area contributed by atoms with E-state index >= 15 is 0 Å². The van der Waals surface area contributed by atoms with Crippen LogP contribution in [-0.4, -0.2) is 5.91 Å². The van der Waals surface area contributed by atoms with Gasteiger partial charge in [0.1, 0.15) is 0 Å². The highest BCUT2D eigenvalue weighted by molar-refractivity contribution is 5.72. The van der Waals surface area contributed by atoms with Crippen molar-refractivity contribution in [3.05, 3.63) is 35.4 Å². The Labute approximate surface area is 91.7 Å². The molecule has 0 fully saturated rings. The molecule has 1 rings (SSSR count). The Kier molecular flexibility index (Phi) is 3.51. The van der Waals surface area contributed by atoms with E-state index in [1.807, 2.05) is 12.1 Å². The van der Waals surface area contributed by atoms with Crippen molar-refractivity contribution in [1.82, 2.24) is 5.32 Å². The van der Waals surface area contributed by atoms with Gasteiger partial charge in [-0.1, -0.05) is 45.0 Å². The second-order valence-corrected chi connectivity index (χ2v) is 4.82. The second-order valence-electron chi connectivity index (χ2n) is 4.82. The maximum atomic E-state index is 10.9. The summed E-state index contributed by atoms with van der Waals surface area (Å²) < 4.78 is 0. The van der Waals surface area contributed by atoms with Gasteiger partial charge in [0.15, 0.2) is 0 Å². The summed E-state index contributed by atoms with van der Waals surface area (Å²) in [6.07, 6.45) is 0. The van der Waals surface area contributed by atoms with Gasteiger partial charge in [0.05, 0.1) is 0 Å². The summed E-state index contributed by atoms with van der Waals surface area (Å²) in [5.74, 6) is 0.0127. The van der Waals surface area contributed by atoms with Gasteiger partial charge >= 0.3 is 0 Å². The fourth-order valence-electron chi connectivity index (χ4n) is 1.63. The van der Waals surface area contributed by atoms with Crippen LogP contribution in [0.3, 0.4) is 0 Å². The summed E-state index contributed by atoms with van der Waals surface area (Å²) in [7, 11) is 0. The van der Waals surface area contributed by atoms with Gasteiger partial charge in [-0.15, -0.1) is 0 Å². The quantitative estimate of drug-likeness (QED) is 0.790. The molecule has 1 N–H and O–H groups in total. The number of carbonyl (C=O) groups is 1. The number of benzene rings is 1. The summed E-state index contributed by atoms with van der Waals surface area (Å²) in [6.45, 7) is 8.70. The lowest BCUT2D eigenvalue weighted by Crippen LogP contribution is -2.22. The fourth-order valence-corrected chi connectivity index (χ4v) is 1.63. The van der Waals surface area contributed by atoms with Crippen LogP contribution in [0.15, 0.2) is 24.3 Å². The van der Waals surface area contributed by atoms with Crippen LogP contribution in [0.1, 0.15) is 38.8 Å². The molecule has 15 heavy (non-hydrogen) atoms. The molecular formula is C13H19NO. The highest BCUT2D eigenvalue weighted by Gasteiger charge is 2.16. The van der Waals surface area contributed by atoms with E-state index in [2.05, 4.69) is 38.2 Å². The minimum atomic E-state index is 0.0127. The first-order valence-corrected chi connectivity index (χ1v) is 5.24. The molecule has 0 bridgehead atoms. The average Bonchev–Trinajstić information content (AvgIpc) is 2.13. The van der Waals surface area contributed by atoms with Crippen molar-refractivity contribution in [3.8, 4) is 0 Å². The van der Waals surface area contributed by atoms with Gasteiger partial charge in [-0.3, -0.25) is 4.79 Å². The van der Waals surface area contributed by atoms with Crippen LogP contribution in [0.25, 0.3) is 0 Å². The minimum absolute atomic E-state index is 0.0127. The summed E-state index contributed by atoms with van der Waals surface area (Å²) in [6, 6.07) is 8.23. The zero-order valence-electron chi connectivity index (χ0n) is 9.92. The van der Waals surface area contributed by atoms with E-state index in [1.165, 1.54) is 11.1 Å². The van der Waals surface area contributed by atoms with E-state index in [-0.39, 0.29) is 11.3 Å². The lowest BCUT2D eigenvalue weighted by atomic mass is 9.84. The van der Waals surface area contributed by atoms with Gasteiger partial charge in [0, 0.05) is 13.5 Å². The smallest absolute Gasteiger partial charge is 0.217 e. The van der Waals surface area contributed by atoms with Crippen LogP contribution < -0.4 is 5.32 Å². The minimum Gasteiger partial charge on any atom is -0.352 e. The van der Waals surface area contributed by atoms with Crippen LogP contribution in [0.4, 0.5) is 0 Å². The number of carbonyl (C=O) groups excluding carboxylic acids is 1. The molecule has 0 aromatic heterocycles. The molecule has 0 heterocycles. The number of hydrogen-bond acceptors (Lipinski definition) is 1. The maximum absolute atomic E-state index is 10.9. The van der Waals surface area contributed by atoms with Gasteiger partial charge in [0.2, 0.25) is 5.91 Å². The molecule has 0 aliphatic heterocycles. The van der Waals surface area contributed by atoms with Crippen LogP contribution in [-0.2, 0) is 16.8 Å². The predicted octanol–water partition coefficient (Wildman–Crippen LogP) is 2.62. The summed E-state index contributed by atoms with van der Waals surface area (Å²) >= 11 is 0. The molecule has 0 radical (unpaired) electrons. The lowest BCUT2D eigenvalue weighted by Gasteiger charge is -2.22. The molecule has 2 heteroatoms. The van der Waals surface area contributed by atoms with Crippen molar-refractivity contribution >= 4 is 5.91 Å². The van der Waals surface area contributed by atoms with Crippen molar-refractivity contribution < 1.29 is 4.79 Å². The molecule has 0 spiro atoms.